The van der Waals surface area contributed by atoms with Crippen LogP contribution in [0.5, 0.6) is 0 Å². The highest BCUT2D eigenvalue weighted by Gasteiger charge is 2.08. The van der Waals surface area contributed by atoms with Crippen molar-refractivity contribution in [1.29, 1.82) is 0 Å². The van der Waals surface area contributed by atoms with E-state index in [-0.39, 0.29) is 0 Å². The molecular formula is C9H21NS. The van der Waals surface area contributed by atoms with E-state index in [2.05, 4.69) is 20.8 Å². The normalized spacial score (nSPS) is 12.0. The van der Waals surface area contributed by atoms with Crippen LogP contribution in [-0.2, 0) is 0 Å². The van der Waals surface area contributed by atoms with E-state index in [9.17, 15) is 0 Å². The Kier molecular flexibility index (Phi) is 6.06. The van der Waals surface area contributed by atoms with Gasteiger partial charge in [-0.1, -0.05) is 20.8 Å². The van der Waals surface area contributed by atoms with Gasteiger partial charge in [-0.3, -0.25) is 0 Å². The summed E-state index contributed by atoms with van der Waals surface area (Å²) in [7, 11) is 0. The van der Waals surface area contributed by atoms with Gasteiger partial charge in [-0.25, -0.2) is 0 Å². The van der Waals surface area contributed by atoms with Gasteiger partial charge in [0.1, 0.15) is 0 Å². The van der Waals surface area contributed by atoms with Crippen LogP contribution in [0.3, 0.4) is 0 Å². The van der Waals surface area contributed by atoms with Crippen LogP contribution in [-0.4, -0.2) is 18.1 Å². The van der Waals surface area contributed by atoms with E-state index in [0.29, 0.717) is 5.41 Å². The van der Waals surface area contributed by atoms with Crippen LogP contribution in [0.2, 0.25) is 0 Å². The van der Waals surface area contributed by atoms with E-state index in [4.69, 9.17) is 5.73 Å². The fraction of sp³-hybridized carbons (Fsp3) is 1.00. The summed E-state index contributed by atoms with van der Waals surface area (Å²) >= 11 is 2.02. The van der Waals surface area contributed by atoms with E-state index < -0.39 is 0 Å². The predicted octanol–water partition coefficient (Wildman–Crippen LogP) is 2.50. The summed E-state index contributed by atoms with van der Waals surface area (Å²) in [5, 5.41) is 0. The topological polar surface area (TPSA) is 26.0 Å². The molecule has 0 atom stereocenters. The SMILES string of the molecule is CC(C)(C)CCSCCCN. The molecule has 0 aliphatic rings. The molecular weight excluding hydrogens is 154 g/mol. The third-order valence-electron chi connectivity index (χ3n) is 1.49. The Balaban J connectivity index is 3.02. The molecule has 0 aromatic rings. The van der Waals surface area contributed by atoms with Crippen LogP contribution >= 0.6 is 11.8 Å². The van der Waals surface area contributed by atoms with E-state index >= 15 is 0 Å². The van der Waals surface area contributed by atoms with Gasteiger partial charge in [0.05, 0.1) is 0 Å². The molecule has 0 rings (SSSR count). The highest BCUT2D eigenvalue weighted by Crippen LogP contribution is 2.21. The molecule has 0 bridgehead atoms. The molecule has 0 fully saturated rings. The minimum absolute atomic E-state index is 0.496. The Morgan fingerprint density at radius 3 is 2.27 bits per heavy atom. The number of rotatable bonds is 5. The molecule has 0 aliphatic heterocycles. The van der Waals surface area contributed by atoms with Crippen molar-refractivity contribution in [1.82, 2.24) is 0 Å². The largest absolute Gasteiger partial charge is 0.330 e. The summed E-state index contributed by atoms with van der Waals surface area (Å²) in [5.74, 6) is 2.51. The predicted molar refractivity (Wildman–Crippen MR) is 55.1 cm³/mol. The molecule has 0 saturated heterocycles. The number of thioether (sulfide) groups is 1. The van der Waals surface area contributed by atoms with Gasteiger partial charge in [0, 0.05) is 0 Å². The van der Waals surface area contributed by atoms with Crippen LogP contribution in [0.25, 0.3) is 0 Å². The Morgan fingerprint density at radius 2 is 1.82 bits per heavy atom. The molecule has 0 spiro atoms. The van der Waals surface area contributed by atoms with Crippen molar-refractivity contribution in [3.05, 3.63) is 0 Å². The van der Waals surface area contributed by atoms with Crippen LogP contribution in [0.1, 0.15) is 33.6 Å². The average molecular weight is 175 g/mol. The maximum absolute atomic E-state index is 5.38. The monoisotopic (exact) mass is 175 g/mol. The van der Waals surface area contributed by atoms with Crippen LogP contribution in [0.15, 0.2) is 0 Å². The highest BCUT2D eigenvalue weighted by atomic mass is 32.2. The molecule has 0 unspecified atom stereocenters. The lowest BCUT2D eigenvalue weighted by atomic mass is 9.94. The van der Waals surface area contributed by atoms with Crippen molar-refractivity contribution in [2.24, 2.45) is 11.1 Å². The minimum Gasteiger partial charge on any atom is -0.330 e. The van der Waals surface area contributed by atoms with E-state index in [1.54, 1.807) is 0 Å². The van der Waals surface area contributed by atoms with Crippen LogP contribution in [0.4, 0.5) is 0 Å². The van der Waals surface area contributed by atoms with Crippen molar-refractivity contribution < 1.29 is 0 Å². The summed E-state index contributed by atoms with van der Waals surface area (Å²) < 4.78 is 0. The smallest absolute Gasteiger partial charge is 0.00555 e. The first-order chi connectivity index (χ1) is 5.06. The van der Waals surface area contributed by atoms with Crippen molar-refractivity contribution in [3.63, 3.8) is 0 Å². The average Bonchev–Trinajstić information content (AvgIpc) is 1.85. The summed E-state index contributed by atoms with van der Waals surface area (Å²) in [5.41, 5.74) is 5.88. The van der Waals surface area contributed by atoms with Crippen molar-refractivity contribution in [2.45, 2.75) is 33.6 Å². The Bertz CT molecular complexity index is 86.1. The number of nitrogens with two attached hydrogens (primary N) is 1. The van der Waals surface area contributed by atoms with Gasteiger partial charge in [-0.15, -0.1) is 0 Å². The third-order valence-corrected chi connectivity index (χ3v) is 2.56. The molecule has 0 radical (unpaired) electrons. The standard InChI is InChI=1S/C9H21NS/c1-9(2,3)5-8-11-7-4-6-10/h4-8,10H2,1-3H3. The molecule has 2 heteroatoms. The van der Waals surface area contributed by atoms with Crippen molar-refractivity contribution in [2.75, 3.05) is 18.1 Å². The molecule has 0 heterocycles. The quantitative estimate of drug-likeness (QED) is 0.650. The molecule has 68 valence electrons. The first-order valence-electron chi connectivity index (χ1n) is 4.34. The molecule has 1 nitrogen and oxygen atoms in total. The first kappa shape index (κ1) is 11.3. The van der Waals surface area contributed by atoms with E-state index in [1.165, 1.54) is 17.9 Å². The lowest BCUT2D eigenvalue weighted by Crippen LogP contribution is -2.06. The molecule has 2 N–H and O–H groups in total. The van der Waals surface area contributed by atoms with Crippen LogP contribution in [0, 0.1) is 5.41 Å². The maximum Gasteiger partial charge on any atom is -0.00555 e. The summed E-state index contributed by atoms with van der Waals surface area (Å²) in [6.45, 7) is 7.70. The van der Waals surface area contributed by atoms with Crippen molar-refractivity contribution >= 4 is 11.8 Å². The van der Waals surface area contributed by atoms with Gasteiger partial charge >= 0.3 is 0 Å². The fourth-order valence-electron chi connectivity index (χ4n) is 0.666. The zero-order chi connectivity index (χ0) is 8.74. The van der Waals surface area contributed by atoms with Gasteiger partial charge in [0.15, 0.2) is 0 Å². The second-order valence-corrected chi connectivity index (χ2v) is 5.29. The van der Waals surface area contributed by atoms with Gasteiger partial charge < -0.3 is 5.73 Å². The summed E-state index contributed by atoms with van der Waals surface area (Å²) in [6.07, 6.45) is 2.47. The molecule has 0 saturated carbocycles. The number of hydrogen-bond donors (Lipinski definition) is 1. The van der Waals surface area contributed by atoms with E-state index in [1.807, 2.05) is 11.8 Å². The second-order valence-electron chi connectivity index (χ2n) is 4.07. The lowest BCUT2D eigenvalue weighted by molar-refractivity contribution is 0.401. The highest BCUT2D eigenvalue weighted by molar-refractivity contribution is 7.99. The molecule has 0 aromatic heterocycles. The number of hydrogen-bond acceptors (Lipinski definition) is 2. The van der Waals surface area contributed by atoms with Crippen LogP contribution < -0.4 is 5.73 Å². The van der Waals surface area contributed by atoms with Gasteiger partial charge in [-0.05, 0) is 36.3 Å². The summed E-state index contributed by atoms with van der Waals surface area (Å²) in [4.78, 5) is 0. The molecule has 0 amide bonds. The van der Waals surface area contributed by atoms with Gasteiger partial charge in [0.25, 0.3) is 0 Å². The fourth-order valence-corrected chi connectivity index (χ4v) is 2.00. The Labute approximate surface area is 75.1 Å². The second kappa shape index (κ2) is 5.90. The first-order valence-corrected chi connectivity index (χ1v) is 5.49. The zero-order valence-electron chi connectivity index (χ0n) is 8.02. The van der Waals surface area contributed by atoms with Crippen molar-refractivity contribution in [3.8, 4) is 0 Å². The summed E-state index contributed by atoms with van der Waals surface area (Å²) in [6, 6.07) is 0. The lowest BCUT2D eigenvalue weighted by Gasteiger charge is -2.16. The minimum atomic E-state index is 0.496. The third kappa shape index (κ3) is 10.3. The van der Waals surface area contributed by atoms with Gasteiger partial charge in [-0.2, -0.15) is 11.8 Å². The zero-order valence-corrected chi connectivity index (χ0v) is 8.84. The molecule has 0 aromatic carbocycles. The van der Waals surface area contributed by atoms with Gasteiger partial charge in [0.2, 0.25) is 0 Å². The molecule has 11 heavy (non-hydrogen) atoms. The molecule has 0 aliphatic carbocycles. The Morgan fingerprint density at radius 1 is 1.18 bits per heavy atom. The Hall–Kier alpha value is 0.310. The van der Waals surface area contributed by atoms with E-state index in [0.717, 1.165) is 13.0 Å². The maximum atomic E-state index is 5.38.